The molecule has 1 aliphatic rings. The Morgan fingerprint density at radius 1 is 1.24 bits per heavy atom. The van der Waals surface area contributed by atoms with E-state index in [1.165, 1.54) is 6.07 Å². The van der Waals surface area contributed by atoms with Gasteiger partial charge in [-0.2, -0.15) is 0 Å². The molecule has 0 amide bonds. The van der Waals surface area contributed by atoms with Gasteiger partial charge in [-0.1, -0.05) is 13.3 Å². The van der Waals surface area contributed by atoms with E-state index in [9.17, 15) is 8.78 Å². The molecule has 3 nitrogen and oxygen atoms in total. The van der Waals surface area contributed by atoms with Crippen LogP contribution < -0.4 is 10.2 Å². The molecule has 112 valence electrons. The molecule has 1 fully saturated rings. The van der Waals surface area contributed by atoms with Crippen LogP contribution in [0, 0.1) is 11.6 Å². The molecule has 2 aromatic rings. The minimum atomic E-state index is -0.846. The van der Waals surface area contributed by atoms with Crippen molar-refractivity contribution >= 4 is 16.6 Å². The number of anilines is 1. The van der Waals surface area contributed by atoms with Crippen molar-refractivity contribution in [1.82, 2.24) is 10.3 Å². The summed E-state index contributed by atoms with van der Waals surface area (Å²) < 4.78 is 27.6. The van der Waals surface area contributed by atoms with Crippen LogP contribution in [0.1, 0.15) is 19.0 Å². The van der Waals surface area contributed by atoms with Gasteiger partial charge in [-0.15, -0.1) is 0 Å². The van der Waals surface area contributed by atoms with Crippen LogP contribution in [0.2, 0.25) is 0 Å². The topological polar surface area (TPSA) is 28.2 Å². The average molecular weight is 291 g/mol. The molecule has 21 heavy (non-hydrogen) atoms. The first kappa shape index (κ1) is 14.2. The number of halogens is 2. The molecule has 5 heteroatoms. The molecule has 0 saturated carbocycles. The largest absolute Gasteiger partial charge is 0.368 e. The van der Waals surface area contributed by atoms with Gasteiger partial charge < -0.3 is 10.2 Å². The molecule has 3 rings (SSSR count). The number of nitrogens with one attached hydrogen (secondary N) is 1. The predicted octanol–water partition coefficient (Wildman–Crippen LogP) is 2.88. The van der Waals surface area contributed by atoms with Crippen molar-refractivity contribution in [3.05, 3.63) is 35.5 Å². The normalized spacial score (nSPS) is 15.7. The Labute approximate surface area is 123 Å². The first-order chi connectivity index (χ1) is 10.2. The first-order valence-electron chi connectivity index (χ1n) is 7.44. The van der Waals surface area contributed by atoms with Gasteiger partial charge in [-0.25, -0.2) is 13.8 Å². The molecule has 0 spiro atoms. The van der Waals surface area contributed by atoms with E-state index in [-0.39, 0.29) is 5.52 Å². The number of fused-ring (bicyclic) bond motifs is 1. The number of piperazine rings is 1. The molecule has 0 bridgehead atoms. The lowest BCUT2D eigenvalue weighted by Crippen LogP contribution is -2.43. The minimum Gasteiger partial charge on any atom is -0.368 e. The smallest absolute Gasteiger partial charge is 0.185 e. The van der Waals surface area contributed by atoms with Crippen LogP contribution in [-0.2, 0) is 6.42 Å². The molecule has 0 atom stereocenters. The zero-order valence-electron chi connectivity index (χ0n) is 12.1. The maximum Gasteiger partial charge on any atom is 0.185 e. The molecule has 0 unspecified atom stereocenters. The standard InChI is InChI=1S/C16H19F2N3/c1-2-3-11-10-14(21-8-6-19-7-9-21)12-4-5-13(17)15(18)16(12)20-11/h4-5,10,19H,2-3,6-9H2,1H3. The fourth-order valence-corrected chi connectivity index (χ4v) is 2.82. The average Bonchev–Trinajstić information content (AvgIpc) is 2.52. The van der Waals surface area contributed by atoms with E-state index in [1.807, 2.05) is 6.07 Å². The Morgan fingerprint density at radius 3 is 2.71 bits per heavy atom. The van der Waals surface area contributed by atoms with Crippen LogP contribution in [0.15, 0.2) is 18.2 Å². The maximum atomic E-state index is 14.1. The molecule has 1 aliphatic heterocycles. The summed E-state index contributed by atoms with van der Waals surface area (Å²) in [5.41, 5.74) is 1.93. The number of nitrogens with zero attached hydrogens (tertiary/aromatic N) is 2. The molecule has 1 N–H and O–H groups in total. The van der Waals surface area contributed by atoms with Crippen molar-refractivity contribution in [3.8, 4) is 0 Å². The number of rotatable bonds is 3. The third kappa shape index (κ3) is 2.70. The molecule has 1 aromatic heterocycles. The van der Waals surface area contributed by atoms with Crippen LogP contribution in [0.5, 0.6) is 0 Å². The lowest BCUT2D eigenvalue weighted by Gasteiger charge is -2.30. The number of hydrogen-bond acceptors (Lipinski definition) is 3. The molecule has 1 aromatic carbocycles. The molecule has 0 radical (unpaired) electrons. The Balaban J connectivity index is 2.17. The number of aryl methyl sites for hydroxylation is 1. The summed E-state index contributed by atoms with van der Waals surface area (Å²) in [5, 5.41) is 3.99. The van der Waals surface area contributed by atoms with Crippen molar-refractivity contribution in [3.63, 3.8) is 0 Å². The van der Waals surface area contributed by atoms with E-state index in [1.54, 1.807) is 6.07 Å². The summed E-state index contributed by atoms with van der Waals surface area (Å²) in [4.78, 5) is 6.54. The number of benzene rings is 1. The Bertz CT molecular complexity index is 652. The highest BCUT2D eigenvalue weighted by atomic mass is 19.2. The van der Waals surface area contributed by atoms with Crippen LogP contribution in [0.25, 0.3) is 10.9 Å². The van der Waals surface area contributed by atoms with Gasteiger partial charge in [0.1, 0.15) is 5.52 Å². The Hall–Kier alpha value is -1.75. The first-order valence-corrected chi connectivity index (χ1v) is 7.44. The predicted molar refractivity (Wildman–Crippen MR) is 80.7 cm³/mol. The van der Waals surface area contributed by atoms with E-state index in [0.717, 1.165) is 50.4 Å². The van der Waals surface area contributed by atoms with Crippen molar-refractivity contribution < 1.29 is 8.78 Å². The number of aromatic nitrogens is 1. The van der Waals surface area contributed by atoms with Gasteiger partial charge in [-0.05, 0) is 24.6 Å². The quantitative estimate of drug-likeness (QED) is 0.942. The van der Waals surface area contributed by atoms with E-state index in [0.29, 0.717) is 5.39 Å². The summed E-state index contributed by atoms with van der Waals surface area (Å²) in [5.74, 6) is -1.68. The zero-order valence-corrected chi connectivity index (χ0v) is 12.1. The SMILES string of the molecule is CCCc1cc(N2CCNCC2)c2ccc(F)c(F)c2n1. The van der Waals surface area contributed by atoms with Gasteiger partial charge in [-0.3, -0.25) is 0 Å². The highest BCUT2D eigenvalue weighted by Crippen LogP contribution is 2.30. The second-order valence-electron chi connectivity index (χ2n) is 5.38. The van der Waals surface area contributed by atoms with Gasteiger partial charge >= 0.3 is 0 Å². The Morgan fingerprint density at radius 2 is 2.00 bits per heavy atom. The third-order valence-electron chi connectivity index (χ3n) is 3.87. The van der Waals surface area contributed by atoms with Crippen molar-refractivity contribution in [2.24, 2.45) is 0 Å². The van der Waals surface area contributed by atoms with Gasteiger partial charge in [0.2, 0.25) is 0 Å². The monoisotopic (exact) mass is 291 g/mol. The summed E-state index contributed by atoms with van der Waals surface area (Å²) in [6, 6.07) is 4.84. The zero-order chi connectivity index (χ0) is 14.8. The van der Waals surface area contributed by atoms with Gasteiger partial charge in [0.15, 0.2) is 11.6 Å². The number of pyridine rings is 1. The molecular weight excluding hydrogens is 272 g/mol. The summed E-state index contributed by atoms with van der Waals surface area (Å²) in [7, 11) is 0. The Kier molecular flexibility index (Phi) is 4.01. The van der Waals surface area contributed by atoms with Gasteiger partial charge in [0.05, 0.1) is 0 Å². The summed E-state index contributed by atoms with van der Waals surface area (Å²) >= 11 is 0. The second kappa shape index (κ2) is 5.93. The van der Waals surface area contributed by atoms with E-state index in [4.69, 9.17) is 0 Å². The van der Waals surface area contributed by atoms with Crippen LogP contribution in [0.3, 0.4) is 0 Å². The molecule has 2 heterocycles. The fraction of sp³-hybridized carbons (Fsp3) is 0.438. The van der Waals surface area contributed by atoms with E-state index >= 15 is 0 Å². The molecular formula is C16H19F2N3. The van der Waals surface area contributed by atoms with Crippen molar-refractivity contribution in [2.45, 2.75) is 19.8 Å². The second-order valence-corrected chi connectivity index (χ2v) is 5.38. The highest BCUT2D eigenvalue weighted by molar-refractivity contribution is 5.92. The van der Waals surface area contributed by atoms with Crippen molar-refractivity contribution in [2.75, 3.05) is 31.1 Å². The molecule has 1 saturated heterocycles. The fourth-order valence-electron chi connectivity index (χ4n) is 2.82. The summed E-state index contributed by atoms with van der Waals surface area (Å²) in [6.07, 6.45) is 1.70. The lowest BCUT2D eigenvalue weighted by atomic mass is 10.1. The van der Waals surface area contributed by atoms with Crippen LogP contribution in [-0.4, -0.2) is 31.2 Å². The van der Waals surface area contributed by atoms with E-state index in [2.05, 4.69) is 22.1 Å². The third-order valence-corrected chi connectivity index (χ3v) is 3.87. The summed E-state index contributed by atoms with van der Waals surface area (Å²) in [6.45, 7) is 5.58. The van der Waals surface area contributed by atoms with Crippen molar-refractivity contribution in [1.29, 1.82) is 0 Å². The molecule has 0 aliphatic carbocycles. The van der Waals surface area contributed by atoms with Crippen LogP contribution >= 0.6 is 0 Å². The van der Waals surface area contributed by atoms with Gasteiger partial charge in [0, 0.05) is 42.9 Å². The lowest BCUT2D eigenvalue weighted by molar-refractivity contribution is 0.515. The van der Waals surface area contributed by atoms with Crippen LogP contribution in [0.4, 0.5) is 14.5 Å². The van der Waals surface area contributed by atoms with Gasteiger partial charge in [0.25, 0.3) is 0 Å². The maximum absolute atomic E-state index is 14.1. The highest BCUT2D eigenvalue weighted by Gasteiger charge is 2.18. The van der Waals surface area contributed by atoms with E-state index < -0.39 is 11.6 Å². The minimum absolute atomic E-state index is 0.148. The number of hydrogen-bond donors (Lipinski definition) is 1.